The summed E-state index contributed by atoms with van der Waals surface area (Å²) in [6.45, 7) is 8.81. The number of hydrogen-bond acceptors (Lipinski definition) is 1. The molecule has 2 rings (SSSR count). The third kappa shape index (κ3) is 3.27. The Morgan fingerprint density at radius 3 is 2.67 bits per heavy atom. The molecule has 2 heteroatoms. The van der Waals surface area contributed by atoms with Crippen LogP contribution >= 0.6 is 11.6 Å². The first kappa shape index (κ1) is 13.9. The SMILES string of the molecule is CCNCC(C)(Cc1ccc(C)cc1Cl)C1CC1. The molecule has 1 saturated carbocycles. The maximum Gasteiger partial charge on any atom is 0.0440 e. The molecule has 1 aromatic carbocycles. The highest BCUT2D eigenvalue weighted by Gasteiger charge is 2.41. The second-order valence-corrected chi connectivity index (χ2v) is 6.39. The lowest BCUT2D eigenvalue weighted by molar-refractivity contribution is 0.258. The van der Waals surface area contributed by atoms with Crippen molar-refractivity contribution in [3.8, 4) is 0 Å². The average molecular weight is 266 g/mol. The highest BCUT2D eigenvalue weighted by Crippen LogP contribution is 2.47. The summed E-state index contributed by atoms with van der Waals surface area (Å²) in [7, 11) is 0. The Morgan fingerprint density at radius 2 is 2.11 bits per heavy atom. The summed E-state index contributed by atoms with van der Waals surface area (Å²) < 4.78 is 0. The topological polar surface area (TPSA) is 12.0 Å². The molecule has 0 saturated heterocycles. The number of aryl methyl sites for hydroxylation is 1. The van der Waals surface area contributed by atoms with Crippen molar-refractivity contribution in [1.82, 2.24) is 5.32 Å². The Morgan fingerprint density at radius 1 is 1.39 bits per heavy atom. The standard InChI is InChI=1S/C16H24ClN/c1-4-18-11-16(3,14-7-8-14)10-13-6-5-12(2)9-15(13)17/h5-6,9,14,18H,4,7-8,10-11H2,1-3H3. The first-order valence-corrected chi connectivity index (χ1v) is 7.39. The van der Waals surface area contributed by atoms with Gasteiger partial charge in [0.05, 0.1) is 0 Å². The number of halogens is 1. The fourth-order valence-corrected chi connectivity index (χ4v) is 3.07. The molecule has 0 bridgehead atoms. The van der Waals surface area contributed by atoms with Crippen LogP contribution in [-0.4, -0.2) is 13.1 Å². The van der Waals surface area contributed by atoms with Gasteiger partial charge in [0.1, 0.15) is 0 Å². The van der Waals surface area contributed by atoms with Crippen molar-refractivity contribution >= 4 is 11.6 Å². The molecule has 0 aliphatic heterocycles. The van der Waals surface area contributed by atoms with Crippen LogP contribution in [0, 0.1) is 18.3 Å². The van der Waals surface area contributed by atoms with Gasteiger partial charge in [-0.05, 0) is 61.3 Å². The predicted molar refractivity (Wildman–Crippen MR) is 79.3 cm³/mol. The quantitative estimate of drug-likeness (QED) is 0.812. The molecule has 0 aromatic heterocycles. The second kappa shape index (κ2) is 5.63. The normalized spacial score (nSPS) is 18.7. The van der Waals surface area contributed by atoms with Crippen molar-refractivity contribution in [3.63, 3.8) is 0 Å². The molecule has 0 amide bonds. The lowest BCUT2D eigenvalue weighted by atomic mass is 9.78. The molecular weight excluding hydrogens is 242 g/mol. The zero-order valence-electron chi connectivity index (χ0n) is 11.7. The van der Waals surface area contributed by atoms with Crippen LogP contribution < -0.4 is 5.32 Å². The number of benzene rings is 1. The summed E-state index contributed by atoms with van der Waals surface area (Å²) in [5.41, 5.74) is 2.90. The van der Waals surface area contributed by atoms with Crippen molar-refractivity contribution in [3.05, 3.63) is 34.3 Å². The van der Waals surface area contributed by atoms with Crippen LogP contribution in [0.1, 0.15) is 37.8 Å². The van der Waals surface area contributed by atoms with Gasteiger partial charge in [-0.1, -0.05) is 37.6 Å². The molecule has 18 heavy (non-hydrogen) atoms. The Hall–Kier alpha value is -0.530. The van der Waals surface area contributed by atoms with E-state index in [1.165, 1.54) is 24.0 Å². The maximum atomic E-state index is 6.37. The van der Waals surface area contributed by atoms with Gasteiger partial charge in [0.2, 0.25) is 0 Å². The molecule has 0 spiro atoms. The Labute approximate surface area is 116 Å². The molecule has 1 aromatic rings. The van der Waals surface area contributed by atoms with Crippen molar-refractivity contribution in [2.75, 3.05) is 13.1 Å². The molecule has 1 atom stereocenters. The van der Waals surface area contributed by atoms with Crippen LogP contribution in [0.15, 0.2) is 18.2 Å². The van der Waals surface area contributed by atoms with E-state index in [-0.39, 0.29) is 0 Å². The van der Waals surface area contributed by atoms with Crippen LogP contribution in [0.25, 0.3) is 0 Å². The van der Waals surface area contributed by atoms with E-state index in [9.17, 15) is 0 Å². The molecule has 1 aliphatic rings. The van der Waals surface area contributed by atoms with Gasteiger partial charge in [0, 0.05) is 11.6 Å². The van der Waals surface area contributed by atoms with Gasteiger partial charge in [0.15, 0.2) is 0 Å². The van der Waals surface area contributed by atoms with Crippen LogP contribution in [0.4, 0.5) is 0 Å². The molecular formula is C16H24ClN. The van der Waals surface area contributed by atoms with E-state index in [4.69, 9.17) is 11.6 Å². The molecule has 1 nitrogen and oxygen atoms in total. The van der Waals surface area contributed by atoms with Crippen LogP contribution in [0.3, 0.4) is 0 Å². The monoisotopic (exact) mass is 265 g/mol. The zero-order chi connectivity index (χ0) is 13.2. The van der Waals surface area contributed by atoms with E-state index >= 15 is 0 Å². The van der Waals surface area contributed by atoms with Gasteiger partial charge >= 0.3 is 0 Å². The summed E-state index contributed by atoms with van der Waals surface area (Å²) in [6.07, 6.45) is 3.85. The van der Waals surface area contributed by atoms with Gasteiger partial charge in [-0.25, -0.2) is 0 Å². The average Bonchev–Trinajstić information content (AvgIpc) is 3.15. The summed E-state index contributed by atoms with van der Waals surface area (Å²) in [6, 6.07) is 6.45. The van der Waals surface area contributed by atoms with E-state index in [2.05, 4.69) is 44.3 Å². The Bertz CT molecular complexity index is 412. The third-order valence-electron chi connectivity index (χ3n) is 4.14. The lowest BCUT2D eigenvalue weighted by Crippen LogP contribution is -2.35. The van der Waals surface area contributed by atoms with Gasteiger partial charge in [-0.3, -0.25) is 0 Å². The number of nitrogens with one attached hydrogen (secondary N) is 1. The van der Waals surface area contributed by atoms with Crippen molar-refractivity contribution < 1.29 is 0 Å². The predicted octanol–water partition coefficient (Wildman–Crippen LogP) is 4.22. The molecule has 1 aliphatic carbocycles. The van der Waals surface area contributed by atoms with Crippen molar-refractivity contribution in [2.45, 2.75) is 40.0 Å². The number of rotatable bonds is 6. The number of hydrogen-bond donors (Lipinski definition) is 1. The van der Waals surface area contributed by atoms with Crippen LogP contribution in [0.2, 0.25) is 5.02 Å². The molecule has 0 heterocycles. The van der Waals surface area contributed by atoms with E-state index in [1.54, 1.807) is 0 Å². The molecule has 100 valence electrons. The summed E-state index contributed by atoms with van der Waals surface area (Å²) in [4.78, 5) is 0. The van der Waals surface area contributed by atoms with Gasteiger partial charge in [-0.15, -0.1) is 0 Å². The minimum absolute atomic E-state index is 0.356. The van der Waals surface area contributed by atoms with Gasteiger partial charge < -0.3 is 5.32 Å². The summed E-state index contributed by atoms with van der Waals surface area (Å²) in [5.74, 6) is 0.869. The largest absolute Gasteiger partial charge is 0.316 e. The van der Waals surface area contributed by atoms with E-state index < -0.39 is 0 Å². The fraction of sp³-hybridized carbons (Fsp3) is 0.625. The Kier molecular flexibility index (Phi) is 4.34. The highest BCUT2D eigenvalue weighted by molar-refractivity contribution is 6.31. The Balaban J connectivity index is 2.12. The van der Waals surface area contributed by atoms with E-state index in [0.717, 1.165) is 30.5 Å². The highest BCUT2D eigenvalue weighted by atomic mass is 35.5. The molecule has 1 N–H and O–H groups in total. The lowest BCUT2D eigenvalue weighted by Gasteiger charge is -2.30. The van der Waals surface area contributed by atoms with Gasteiger partial charge in [0.25, 0.3) is 0 Å². The van der Waals surface area contributed by atoms with Gasteiger partial charge in [-0.2, -0.15) is 0 Å². The molecule has 0 radical (unpaired) electrons. The van der Waals surface area contributed by atoms with Crippen LogP contribution in [0.5, 0.6) is 0 Å². The van der Waals surface area contributed by atoms with Crippen molar-refractivity contribution in [2.24, 2.45) is 11.3 Å². The minimum atomic E-state index is 0.356. The second-order valence-electron chi connectivity index (χ2n) is 5.98. The van der Waals surface area contributed by atoms with E-state index in [0.29, 0.717) is 5.41 Å². The van der Waals surface area contributed by atoms with E-state index in [1.807, 2.05) is 0 Å². The van der Waals surface area contributed by atoms with Crippen molar-refractivity contribution in [1.29, 1.82) is 0 Å². The first-order valence-electron chi connectivity index (χ1n) is 7.01. The summed E-state index contributed by atoms with van der Waals surface area (Å²) >= 11 is 6.37. The fourth-order valence-electron chi connectivity index (χ4n) is 2.77. The van der Waals surface area contributed by atoms with Crippen LogP contribution in [-0.2, 0) is 6.42 Å². The molecule has 1 fully saturated rings. The third-order valence-corrected chi connectivity index (χ3v) is 4.50. The first-order chi connectivity index (χ1) is 8.55. The maximum absolute atomic E-state index is 6.37. The minimum Gasteiger partial charge on any atom is -0.316 e. The molecule has 1 unspecified atom stereocenters. The smallest absolute Gasteiger partial charge is 0.0440 e. The summed E-state index contributed by atoms with van der Waals surface area (Å²) in [5, 5.41) is 4.45. The zero-order valence-corrected chi connectivity index (χ0v) is 12.5.